The summed E-state index contributed by atoms with van der Waals surface area (Å²) in [6, 6.07) is 10.2. The van der Waals surface area contributed by atoms with Crippen molar-refractivity contribution in [3.63, 3.8) is 0 Å². The number of hydrogen-bond donors (Lipinski definition) is 2. The third-order valence-electron chi connectivity index (χ3n) is 4.74. The molecule has 0 spiro atoms. The van der Waals surface area contributed by atoms with Gasteiger partial charge in [-0.2, -0.15) is 0 Å². The maximum Gasteiger partial charge on any atom is 0.180 e. The maximum absolute atomic E-state index is 9.39. The number of aliphatic hydroxyl groups is 1. The maximum atomic E-state index is 9.39. The molecule has 2 aromatic heterocycles. The molecule has 0 fully saturated rings. The number of fused-ring (bicyclic) bond motifs is 1. The van der Waals surface area contributed by atoms with Gasteiger partial charge in [0.15, 0.2) is 17.4 Å². The molecule has 29 heavy (non-hydrogen) atoms. The topological polar surface area (TPSA) is 80.2 Å². The lowest BCUT2D eigenvalue weighted by Crippen LogP contribution is -2.22. The molecule has 1 aromatic carbocycles. The van der Waals surface area contributed by atoms with Gasteiger partial charge in [0.1, 0.15) is 6.61 Å². The lowest BCUT2D eigenvalue weighted by molar-refractivity contribution is 0.275. The van der Waals surface area contributed by atoms with E-state index in [2.05, 4.69) is 39.8 Å². The molecule has 0 aliphatic carbocycles. The minimum absolute atomic E-state index is 0.119. The van der Waals surface area contributed by atoms with Gasteiger partial charge in [-0.1, -0.05) is 50.6 Å². The van der Waals surface area contributed by atoms with Gasteiger partial charge in [0.25, 0.3) is 0 Å². The molecule has 0 bridgehead atoms. The predicted molar refractivity (Wildman–Crippen MR) is 117 cm³/mol. The first-order valence-electron chi connectivity index (χ1n) is 10.1. The van der Waals surface area contributed by atoms with Gasteiger partial charge in [0.2, 0.25) is 0 Å². The van der Waals surface area contributed by atoms with Gasteiger partial charge in [-0.05, 0) is 30.4 Å². The SMILES string of the molecule is C=Cc1ncc(OCc2cc3ccccc3cn2)c(N[C@H](CCO)CCCC)n1. The average molecular weight is 393 g/mol. The predicted octanol–water partition coefficient (Wildman–Crippen LogP) is 4.60. The van der Waals surface area contributed by atoms with Gasteiger partial charge in [0, 0.05) is 24.2 Å². The fraction of sp³-hybridized carbons (Fsp3) is 0.348. The van der Waals surface area contributed by atoms with Crippen molar-refractivity contribution >= 4 is 22.7 Å². The average Bonchev–Trinajstić information content (AvgIpc) is 2.76. The highest BCUT2D eigenvalue weighted by Crippen LogP contribution is 2.25. The summed E-state index contributed by atoms with van der Waals surface area (Å²) < 4.78 is 6.01. The van der Waals surface area contributed by atoms with Crippen molar-refractivity contribution in [1.82, 2.24) is 15.0 Å². The highest BCUT2D eigenvalue weighted by Gasteiger charge is 2.14. The number of nitrogens with zero attached hydrogens (tertiary/aromatic N) is 3. The minimum Gasteiger partial charge on any atom is -0.482 e. The number of benzene rings is 1. The van der Waals surface area contributed by atoms with Crippen LogP contribution in [0.15, 0.2) is 49.3 Å². The molecule has 152 valence electrons. The van der Waals surface area contributed by atoms with Crippen molar-refractivity contribution in [2.75, 3.05) is 11.9 Å². The summed E-state index contributed by atoms with van der Waals surface area (Å²) in [5.41, 5.74) is 0.834. The molecule has 2 heterocycles. The lowest BCUT2D eigenvalue weighted by atomic mass is 10.1. The summed E-state index contributed by atoms with van der Waals surface area (Å²) in [6.07, 6.45) is 8.90. The van der Waals surface area contributed by atoms with E-state index in [1.165, 1.54) is 0 Å². The van der Waals surface area contributed by atoms with E-state index in [1.807, 2.05) is 30.5 Å². The standard InChI is InChI=1S/C23H28N4O2/c1-3-5-10-19(11-12-28)26-23-21(15-25-22(4-2)27-23)29-16-20-13-17-8-6-7-9-18(17)14-24-20/h4,6-9,13-15,19,28H,2-3,5,10-12,16H2,1H3,(H,25,26,27)/t19-/m0/s1. The van der Waals surface area contributed by atoms with Crippen LogP contribution < -0.4 is 10.1 Å². The zero-order valence-electron chi connectivity index (χ0n) is 16.8. The van der Waals surface area contributed by atoms with Crippen LogP contribution in [0, 0.1) is 0 Å². The van der Waals surface area contributed by atoms with Crippen molar-refractivity contribution in [2.45, 2.75) is 45.3 Å². The van der Waals surface area contributed by atoms with E-state index < -0.39 is 0 Å². The molecule has 1 atom stereocenters. The Kier molecular flexibility index (Phi) is 7.53. The van der Waals surface area contributed by atoms with Crippen LogP contribution in [0.4, 0.5) is 5.82 Å². The van der Waals surface area contributed by atoms with Crippen molar-refractivity contribution in [1.29, 1.82) is 0 Å². The van der Waals surface area contributed by atoms with E-state index in [4.69, 9.17) is 4.74 Å². The first kappa shape index (κ1) is 20.7. The fourth-order valence-electron chi connectivity index (χ4n) is 3.14. The number of anilines is 1. The van der Waals surface area contributed by atoms with Crippen LogP contribution in [0.5, 0.6) is 5.75 Å². The highest BCUT2D eigenvalue weighted by molar-refractivity contribution is 5.81. The van der Waals surface area contributed by atoms with Gasteiger partial charge >= 0.3 is 0 Å². The van der Waals surface area contributed by atoms with Gasteiger partial charge in [0.05, 0.1) is 11.9 Å². The fourth-order valence-corrected chi connectivity index (χ4v) is 3.14. The van der Waals surface area contributed by atoms with E-state index in [-0.39, 0.29) is 12.6 Å². The van der Waals surface area contributed by atoms with Crippen LogP contribution in [0.3, 0.4) is 0 Å². The summed E-state index contributed by atoms with van der Waals surface area (Å²) in [5, 5.41) is 15.0. The Morgan fingerprint density at radius 1 is 1.17 bits per heavy atom. The molecular weight excluding hydrogens is 364 g/mol. The van der Waals surface area contributed by atoms with Crippen LogP contribution in [0.25, 0.3) is 16.8 Å². The second-order valence-corrected chi connectivity index (χ2v) is 6.95. The number of rotatable bonds is 11. The molecular formula is C23H28N4O2. The zero-order valence-corrected chi connectivity index (χ0v) is 16.8. The molecule has 0 unspecified atom stereocenters. The summed E-state index contributed by atoms with van der Waals surface area (Å²) >= 11 is 0. The molecule has 0 aliphatic rings. The molecule has 2 N–H and O–H groups in total. The largest absolute Gasteiger partial charge is 0.482 e. The van der Waals surface area contributed by atoms with Crippen LogP contribution in [0.2, 0.25) is 0 Å². The summed E-state index contributed by atoms with van der Waals surface area (Å²) in [6.45, 7) is 6.34. The number of nitrogens with one attached hydrogen (secondary N) is 1. The summed E-state index contributed by atoms with van der Waals surface area (Å²) in [5.74, 6) is 1.71. The summed E-state index contributed by atoms with van der Waals surface area (Å²) in [7, 11) is 0. The normalized spacial score (nSPS) is 11.9. The second kappa shape index (κ2) is 10.5. The van der Waals surface area contributed by atoms with E-state index >= 15 is 0 Å². The third-order valence-corrected chi connectivity index (χ3v) is 4.74. The van der Waals surface area contributed by atoms with E-state index in [0.29, 0.717) is 30.4 Å². The number of pyridine rings is 1. The Balaban J connectivity index is 1.77. The van der Waals surface area contributed by atoms with Crippen molar-refractivity contribution in [2.24, 2.45) is 0 Å². The van der Waals surface area contributed by atoms with Crippen molar-refractivity contribution in [3.05, 3.63) is 60.8 Å². The molecule has 0 aliphatic heterocycles. The second-order valence-electron chi connectivity index (χ2n) is 6.95. The monoisotopic (exact) mass is 392 g/mol. The molecule has 0 saturated carbocycles. The number of unbranched alkanes of at least 4 members (excludes halogenated alkanes) is 1. The van der Waals surface area contributed by atoms with Gasteiger partial charge in [-0.25, -0.2) is 9.97 Å². The minimum atomic E-state index is 0.119. The molecule has 6 nitrogen and oxygen atoms in total. The van der Waals surface area contributed by atoms with Gasteiger partial charge < -0.3 is 15.2 Å². The molecule has 0 amide bonds. The van der Waals surface area contributed by atoms with Crippen molar-refractivity contribution in [3.8, 4) is 5.75 Å². The summed E-state index contributed by atoms with van der Waals surface area (Å²) in [4.78, 5) is 13.3. The Hall–Kier alpha value is -2.99. The van der Waals surface area contributed by atoms with Crippen molar-refractivity contribution < 1.29 is 9.84 Å². The lowest BCUT2D eigenvalue weighted by Gasteiger charge is -2.20. The molecule has 3 rings (SSSR count). The highest BCUT2D eigenvalue weighted by atomic mass is 16.5. The van der Waals surface area contributed by atoms with Crippen LogP contribution in [0.1, 0.15) is 44.1 Å². The Bertz CT molecular complexity index is 945. The van der Waals surface area contributed by atoms with Gasteiger partial charge in [-0.15, -0.1) is 0 Å². The first-order valence-corrected chi connectivity index (χ1v) is 10.1. The first-order chi connectivity index (χ1) is 14.2. The quantitative estimate of drug-likeness (QED) is 0.496. The van der Waals surface area contributed by atoms with E-state index in [0.717, 1.165) is 35.7 Å². The van der Waals surface area contributed by atoms with Crippen LogP contribution in [-0.4, -0.2) is 32.7 Å². The zero-order chi connectivity index (χ0) is 20.5. The molecule has 0 radical (unpaired) electrons. The Morgan fingerprint density at radius 2 is 2.00 bits per heavy atom. The molecule has 3 aromatic rings. The number of aliphatic hydroxyl groups excluding tert-OH is 1. The Morgan fingerprint density at radius 3 is 2.76 bits per heavy atom. The van der Waals surface area contributed by atoms with Gasteiger partial charge in [-0.3, -0.25) is 4.98 Å². The number of hydrogen-bond acceptors (Lipinski definition) is 6. The van der Waals surface area contributed by atoms with Crippen LogP contribution >= 0.6 is 0 Å². The smallest absolute Gasteiger partial charge is 0.180 e. The Labute approximate surface area is 171 Å². The number of aromatic nitrogens is 3. The molecule has 0 saturated heterocycles. The van der Waals surface area contributed by atoms with Crippen LogP contribution in [-0.2, 0) is 6.61 Å². The van der Waals surface area contributed by atoms with E-state index in [9.17, 15) is 5.11 Å². The number of ether oxygens (including phenoxy) is 1. The van der Waals surface area contributed by atoms with E-state index in [1.54, 1.807) is 12.3 Å². The molecule has 6 heteroatoms. The third kappa shape index (κ3) is 5.74.